The van der Waals surface area contributed by atoms with Crippen LogP contribution in [0.25, 0.3) is 0 Å². The fraction of sp³-hybridized carbons (Fsp3) is 1.00. The summed E-state index contributed by atoms with van der Waals surface area (Å²) >= 11 is 1.92. The fourth-order valence-electron chi connectivity index (χ4n) is 0.772. The molecule has 0 aromatic rings. The molecule has 0 amide bonds. The number of aliphatic hydroxyl groups excluding tert-OH is 1. The number of hydrogen-bond donors (Lipinski definition) is 2. The van der Waals surface area contributed by atoms with Crippen LogP contribution < -0.4 is 5.32 Å². The predicted octanol–water partition coefficient (Wildman–Crippen LogP) is 1.35. The summed E-state index contributed by atoms with van der Waals surface area (Å²) in [6.07, 6.45) is 1.27. The first kappa shape index (κ1) is 12.3. The minimum Gasteiger partial charge on any atom is -0.395 e. The standard InChI is InChI=1S/C9H21NOS/c1-8(2)4-5-12-7-9(6-11)10-3/h8-11H,4-7H2,1-3H3. The van der Waals surface area contributed by atoms with Crippen LogP contribution in [0.3, 0.4) is 0 Å². The Kier molecular flexibility index (Phi) is 8.07. The fourth-order valence-corrected chi connectivity index (χ4v) is 2.13. The zero-order chi connectivity index (χ0) is 9.40. The Bertz CT molecular complexity index is 94.5. The van der Waals surface area contributed by atoms with Crippen molar-refractivity contribution >= 4 is 11.8 Å². The third-order valence-corrected chi connectivity index (χ3v) is 2.95. The largest absolute Gasteiger partial charge is 0.395 e. The van der Waals surface area contributed by atoms with E-state index in [0.717, 1.165) is 11.7 Å². The molecule has 0 rings (SSSR count). The van der Waals surface area contributed by atoms with Crippen molar-refractivity contribution in [3.8, 4) is 0 Å². The van der Waals surface area contributed by atoms with E-state index in [9.17, 15) is 0 Å². The zero-order valence-corrected chi connectivity index (χ0v) is 9.16. The second-order valence-corrected chi connectivity index (χ2v) is 4.58. The van der Waals surface area contributed by atoms with E-state index < -0.39 is 0 Å². The van der Waals surface area contributed by atoms with Crippen LogP contribution in [0.1, 0.15) is 20.3 Å². The molecule has 0 aliphatic rings. The number of aliphatic hydroxyl groups is 1. The lowest BCUT2D eigenvalue weighted by Crippen LogP contribution is -2.31. The molecule has 1 unspecified atom stereocenters. The van der Waals surface area contributed by atoms with Crippen molar-refractivity contribution in [2.45, 2.75) is 26.3 Å². The van der Waals surface area contributed by atoms with Crippen LogP contribution in [0.15, 0.2) is 0 Å². The van der Waals surface area contributed by atoms with E-state index in [1.807, 2.05) is 18.8 Å². The SMILES string of the molecule is CNC(CO)CSCCC(C)C. The maximum atomic E-state index is 8.86. The summed E-state index contributed by atoms with van der Waals surface area (Å²) in [6, 6.07) is 0.266. The monoisotopic (exact) mass is 191 g/mol. The van der Waals surface area contributed by atoms with Gasteiger partial charge in [0.1, 0.15) is 0 Å². The van der Waals surface area contributed by atoms with Gasteiger partial charge in [-0.25, -0.2) is 0 Å². The summed E-state index contributed by atoms with van der Waals surface area (Å²) < 4.78 is 0. The molecule has 0 radical (unpaired) electrons. The van der Waals surface area contributed by atoms with Crippen LogP contribution in [0.5, 0.6) is 0 Å². The quantitative estimate of drug-likeness (QED) is 0.596. The van der Waals surface area contributed by atoms with Crippen LogP contribution in [0.2, 0.25) is 0 Å². The normalized spacial score (nSPS) is 13.8. The van der Waals surface area contributed by atoms with Gasteiger partial charge in [-0.1, -0.05) is 13.8 Å². The Morgan fingerprint density at radius 1 is 1.42 bits per heavy atom. The molecule has 0 spiro atoms. The number of rotatable bonds is 7. The molecule has 0 bridgehead atoms. The van der Waals surface area contributed by atoms with E-state index >= 15 is 0 Å². The zero-order valence-electron chi connectivity index (χ0n) is 8.34. The minimum atomic E-state index is 0.241. The van der Waals surface area contributed by atoms with Crippen molar-refractivity contribution in [2.24, 2.45) is 5.92 Å². The lowest BCUT2D eigenvalue weighted by molar-refractivity contribution is 0.260. The smallest absolute Gasteiger partial charge is 0.0592 e. The van der Waals surface area contributed by atoms with Gasteiger partial charge in [0, 0.05) is 11.8 Å². The summed E-state index contributed by atoms with van der Waals surface area (Å²) in [7, 11) is 1.89. The molecule has 0 heterocycles. The molecule has 12 heavy (non-hydrogen) atoms. The van der Waals surface area contributed by atoms with E-state index in [-0.39, 0.29) is 12.6 Å². The number of likely N-dealkylation sites (N-methyl/N-ethyl adjacent to an activating group) is 1. The Morgan fingerprint density at radius 3 is 2.50 bits per heavy atom. The Labute approximate surface area is 80.1 Å². The van der Waals surface area contributed by atoms with Gasteiger partial charge >= 0.3 is 0 Å². The van der Waals surface area contributed by atoms with E-state index in [1.54, 1.807) is 0 Å². The van der Waals surface area contributed by atoms with Crippen LogP contribution in [-0.2, 0) is 0 Å². The molecular formula is C9H21NOS. The highest BCUT2D eigenvalue weighted by molar-refractivity contribution is 7.99. The minimum absolute atomic E-state index is 0.241. The molecule has 74 valence electrons. The van der Waals surface area contributed by atoms with Crippen LogP contribution in [0.4, 0.5) is 0 Å². The first-order chi connectivity index (χ1) is 5.70. The Morgan fingerprint density at radius 2 is 2.08 bits per heavy atom. The van der Waals surface area contributed by atoms with Gasteiger partial charge < -0.3 is 10.4 Å². The van der Waals surface area contributed by atoms with Gasteiger partial charge in [0.25, 0.3) is 0 Å². The molecule has 0 saturated carbocycles. The molecule has 1 atom stereocenters. The molecule has 0 saturated heterocycles. The van der Waals surface area contributed by atoms with Gasteiger partial charge in [-0.05, 0) is 25.1 Å². The molecule has 0 aromatic carbocycles. The van der Waals surface area contributed by atoms with Crippen molar-refractivity contribution in [1.82, 2.24) is 5.32 Å². The molecule has 2 nitrogen and oxygen atoms in total. The maximum absolute atomic E-state index is 8.86. The Hall–Kier alpha value is 0.270. The number of thioether (sulfide) groups is 1. The van der Waals surface area contributed by atoms with Crippen molar-refractivity contribution in [1.29, 1.82) is 0 Å². The predicted molar refractivity (Wildman–Crippen MR) is 56.7 cm³/mol. The van der Waals surface area contributed by atoms with Crippen molar-refractivity contribution in [3.63, 3.8) is 0 Å². The summed E-state index contributed by atoms with van der Waals surface area (Å²) in [5.74, 6) is 3.01. The lowest BCUT2D eigenvalue weighted by atomic mass is 10.2. The first-order valence-corrected chi connectivity index (χ1v) is 5.72. The van der Waals surface area contributed by atoms with Gasteiger partial charge in [-0.15, -0.1) is 0 Å². The highest BCUT2D eigenvalue weighted by Gasteiger charge is 2.03. The van der Waals surface area contributed by atoms with Gasteiger partial charge in [0.05, 0.1) is 6.61 Å². The number of nitrogens with one attached hydrogen (secondary N) is 1. The summed E-state index contributed by atoms with van der Waals surface area (Å²) in [6.45, 7) is 4.72. The van der Waals surface area contributed by atoms with Crippen molar-refractivity contribution in [2.75, 3.05) is 25.2 Å². The molecule has 0 aliphatic heterocycles. The van der Waals surface area contributed by atoms with E-state index in [2.05, 4.69) is 19.2 Å². The highest BCUT2D eigenvalue weighted by Crippen LogP contribution is 2.09. The van der Waals surface area contributed by atoms with Crippen LogP contribution in [0, 0.1) is 5.92 Å². The van der Waals surface area contributed by atoms with E-state index in [1.165, 1.54) is 12.2 Å². The molecule has 2 N–H and O–H groups in total. The third-order valence-electron chi connectivity index (χ3n) is 1.79. The van der Waals surface area contributed by atoms with E-state index in [0.29, 0.717) is 0 Å². The van der Waals surface area contributed by atoms with Crippen molar-refractivity contribution < 1.29 is 5.11 Å². The third kappa shape index (κ3) is 6.95. The second kappa shape index (κ2) is 7.90. The molecule has 0 fully saturated rings. The van der Waals surface area contributed by atoms with E-state index in [4.69, 9.17) is 5.11 Å². The average molecular weight is 191 g/mol. The summed E-state index contributed by atoms with van der Waals surface area (Å²) in [4.78, 5) is 0. The second-order valence-electron chi connectivity index (χ2n) is 3.43. The van der Waals surface area contributed by atoms with Gasteiger partial charge in [0.2, 0.25) is 0 Å². The lowest BCUT2D eigenvalue weighted by Gasteiger charge is -2.12. The topological polar surface area (TPSA) is 32.3 Å². The van der Waals surface area contributed by atoms with Crippen molar-refractivity contribution in [3.05, 3.63) is 0 Å². The average Bonchev–Trinajstić information content (AvgIpc) is 2.04. The molecule has 3 heteroatoms. The summed E-state index contributed by atoms with van der Waals surface area (Å²) in [5, 5.41) is 11.9. The van der Waals surface area contributed by atoms with Gasteiger partial charge in [-0.3, -0.25) is 0 Å². The Balaban J connectivity index is 3.17. The van der Waals surface area contributed by atoms with Crippen LogP contribution in [-0.4, -0.2) is 36.3 Å². The molecular weight excluding hydrogens is 170 g/mol. The molecule has 0 aromatic heterocycles. The summed E-state index contributed by atoms with van der Waals surface area (Å²) in [5.41, 5.74) is 0. The van der Waals surface area contributed by atoms with Gasteiger partial charge in [-0.2, -0.15) is 11.8 Å². The maximum Gasteiger partial charge on any atom is 0.0592 e. The molecule has 0 aliphatic carbocycles. The van der Waals surface area contributed by atoms with Crippen LogP contribution >= 0.6 is 11.8 Å². The first-order valence-electron chi connectivity index (χ1n) is 4.56. The number of hydrogen-bond acceptors (Lipinski definition) is 3. The van der Waals surface area contributed by atoms with Gasteiger partial charge in [0.15, 0.2) is 0 Å². The highest BCUT2D eigenvalue weighted by atomic mass is 32.2.